The molecular formula is C19H18N2O. The van der Waals surface area contributed by atoms with E-state index in [1.807, 2.05) is 38.2 Å². The van der Waals surface area contributed by atoms with Crippen LogP contribution >= 0.6 is 0 Å². The first-order valence-corrected chi connectivity index (χ1v) is 7.30. The molecule has 0 aliphatic carbocycles. The molecule has 0 saturated carbocycles. The number of rotatable bonds is 3. The summed E-state index contributed by atoms with van der Waals surface area (Å²) in [5.74, 6) is -0.0585. The summed E-state index contributed by atoms with van der Waals surface area (Å²) in [7, 11) is 1.81. The summed E-state index contributed by atoms with van der Waals surface area (Å²) in [5.41, 5.74) is 2.45. The van der Waals surface area contributed by atoms with Crippen LogP contribution in [-0.2, 0) is 6.54 Å². The lowest BCUT2D eigenvalue weighted by atomic mass is 10.1. The van der Waals surface area contributed by atoms with E-state index in [0.717, 1.165) is 11.3 Å². The molecule has 22 heavy (non-hydrogen) atoms. The van der Waals surface area contributed by atoms with Gasteiger partial charge >= 0.3 is 0 Å². The Morgan fingerprint density at radius 1 is 1.00 bits per heavy atom. The Balaban J connectivity index is 1.80. The number of aromatic nitrogens is 1. The van der Waals surface area contributed by atoms with E-state index in [-0.39, 0.29) is 5.91 Å². The van der Waals surface area contributed by atoms with E-state index in [0.29, 0.717) is 12.2 Å². The zero-order valence-electron chi connectivity index (χ0n) is 12.8. The highest BCUT2D eigenvalue weighted by atomic mass is 16.2. The minimum atomic E-state index is -0.0585. The number of benzene rings is 2. The Labute approximate surface area is 130 Å². The van der Waals surface area contributed by atoms with E-state index in [9.17, 15) is 4.79 Å². The van der Waals surface area contributed by atoms with Gasteiger partial charge in [-0.05, 0) is 41.5 Å². The Kier molecular flexibility index (Phi) is 3.88. The first-order chi connectivity index (χ1) is 10.6. The van der Waals surface area contributed by atoms with Crippen molar-refractivity contribution in [2.75, 3.05) is 7.05 Å². The lowest BCUT2D eigenvalue weighted by Crippen LogP contribution is -2.27. The monoisotopic (exact) mass is 290 g/mol. The fraction of sp³-hybridized carbons (Fsp3) is 0.158. The highest BCUT2D eigenvalue weighted by molar-refractivity contribution is 5.92. The lowest BCUT2D eigenvalue weighted by Gasteiger charge is -2.17. The normalized spacial score (nSPS) is 10.6. The van der Waals surface area contributed by atoms with Crippen molar-refractivity contribution in [3.05, 3.63) is 77.6 Å². The molecule has 1 heterocycles. The van der Waals surface area contributed by atoms with Crippen LogP contribution in [0.1, 0.15) is 21.7 Å². The van der Waals surface area contributed by atoms with Crippen molar-refractivity contribution in [2.45, 2.75) is 13.5 Å². The Morgan fingerprint density at radius 2 is 1.77 bits per heavy atom. The average molecular weight is 290 g/mol. The quantitative estimate of drug-likeness (QED) is 0.735. The molecule has 0 spiro atoms. The topological polar surface area (TPSA) is 33.2 Å². The van der Waals surface area contributed by atoms with Crippen LogP contribution in [0.25, 0.3) is 10.8 Å². The van der Waals surface area contributed by atoms with Crippen LogP contribution in [0.15, 0.2) is 60.7 Å². The van der Waals surface area contributed by atoms with Gasteiger partial charge in [-0.15, -0.1) is 0 Å². The summed E-state index contributed by atoms with van der Waals surface area (Å²) >= 11 is 0. The van der Waals surface area contributed by atoms with Crippen molar-refractivity contribution >= 4 is 16.7 Å². The molecule has 110 valence electrons. The predicted octanol–water partition coefficient (Wildman–Crippen LogP) is 3.82. The second kappa shape index (κ2) is 5.98. The molecule has 0 atom stereocenters. The van der Waals surface area contributed by atoms with Crippen molar-refractivity contribution in [2.24, 2.45) is 0 Å². The molecule has 1 aromatic heterocycles. The fourth-order valence-corrected chi connectivity index (χ4v) is 2.54. The highest BCUT2D eigenvalue weighted by Gasteiger charge is 2.13. The van der Waals surface area contributed by atoms with Crippen molar-refractivity contribution in [1.82, 2.24) is 9.88 Å². The van der Waals surface area contributed by atoms with E-state index in [1.54, 1.807) is 11.0 Å². The number of amides is 1. The summed E-state index contributed by atoms with van der Waals surface area (Å²) in [5, 5.41) is 2.40. The molecule has 2 aromatic carbocycles. The fourth-order valence-electron chi connectivity index (χ4n) is 2.54. The molecule has 0 unspecified atom stereocenters. The third-order valence-corrected chi connectivity index (χ3v) is 3.69. The van der Waals surface area contributed by atoms with Crippen molar-refractivity contribution < 1.29 is 4.79 Å². The number of aryl methyl sites for hydroxylation is 1. The SMILES string of the molecule is Cc1cccc(C(=O)N(C)Cc2ccc3ccccc3c2)n1. The maximum Gasteiger partial charge on any atom is 0.272 e. The van der Waals surface area contributed by atoms with E-state index in [2.05, 4.69) is 35.3 Å². The van der Waals surface area contributed by atoms with Gasteiger partial charge in [0.2, 0.25) is 0 Å². The molecule has 0 N–H and O–H groups in total. The third kappa shape index (κ3) is 2.98. The molecule has 0 aliphatic rings. The number of hydrogen-bond donors (Lipinski definition) is 0. The predicted molar refractivity (Wildman–Crippen MR) is 88.7 cm³/mol. The van der Waals surface area contributed by atoms with Crippen LogP contribution in [0.3, 0.4) is 0 Å². The molecule has 0 bridgehead atoms. The molecule has 0 aliphatic heterocycles. The van der Waals surface area contributed by atoms with Gasteiger partial charge in [-0.25, -0.2) is 4.98 Å². The van der Waals surface area contributed by atoms with Gasteiger partial charge in [0.1, 0.15) is 5.69 Å². The summed E-state index contributed by atoms with van der Waals surface area (Å²) in [6.07, 6.45) is 0. The standard InChI is InChI=1S/C19H18N2O/c1-14-6-5-9-18(20-14)19(22)21(2)13-15-10-11-16-7-3-4-8-17(16)12-15/h3-12H,13H2,1-2H3. The third-order valence-electron chi connectivity index (χ3n) is 3.69. The van der Waals surface area contributed by atoms with Crippen LogP contribution in [-0.4, -0.2) is 22.8 Å². The first-order valence-electron chi connectivity index (χ1n) is 7.30. The van der Waals surface area contributed by atoms with Crippen LogP contribution in [0.5, 0.6) is 0 Å². The Morgan fingerprint density at radius 3 is 2.55 bits per heavy atom. The summed E-state index contributed by atoms with van der Waals surface area (Å²) in [4.78, 5) is 18.4. The average Bonchev–Trinajstić information content (AvgIpc) is 2.54. The van der Waals surface area contributed by atoms with E-state index in [1.165, 1.54) is 10.8 Å². The Hall–Kier alpha value is -2.68. The second-order valence-electron chi connectivity index (χ2n) is 5.51. The van der Waals surface area contributed by atoms with Crippen LogP contribution in [0.2, 0.25) is 0 Å². The molecule has 1 amide bonds. The van der Waals surface area contributed by atoms with Gasteiger partial charge in [0, 0.05) is 19.3 Å². The number of carbonyl (C=O) groups is 1. The summed E-state index contributed by atoms with van der Waals surface area (Å²) in [6, 6.07) is 20.0. The number of pyridine rings is 1. The zero-order valence-corrected chi connectivity index (χ0v) is 12.8. The van der Waals surface area contributed by atoms with Crippen molar-refractivity contribution in [1.29, 1.82) is 0 Å². The number of nitrogens with zero attached hydrogens (tertiary/aromatic N) is 2. The molecule has 0 saturated heterocycles. The van der Waals surface area contributed by atoms with Gasteiger partial charge < -0.3 is 4.90 Å². The highest BCUT2D eigenvalue weighted by Crippen LogP contribution is 2.17. The van der Waals surface area contributed by atoms with Gasteiger partial charge in [0.15, 0.2) is 0 Å². The van der Waals surface area contributed by atoms with E-state index in [4.69, 9.17) is 0 Å². The molecular weight excluding hydrogens is 272 g/mol. The van der Waals surface area contributed by atoms with Crippen molar-refractivity contribution in [3.63, 3.8) is 0 Å². The maximum atomic E-state index is 12.4. The molecule has 3 nitrogen and oxygen atoms in total. The van der Waals surface area contributed by atoms with E-state index >= 15 is 0 Å². The van der Waals surface area contributed by atoms with Gasteiger partial charge in [-0.1, -0.05) is 42.5 Å². The molecule has 0 fully saturated rings. The number of hydrogen-bond acceptors (Lipinski definition) is 2. The summed E-state index contributed by atoms with van der Waals surface area (Å²) in [6.45, 7) is 2.46. The zero-order chi connectivity index (χ0) is 15.5. The summed E-state index contributed by atoms with van der Waals surface area (Å²) < 4.78 is 0. The smallest absolute Gasteiger partial charge is 0.272 e. The van der Waals surface area contributed by atoms with Gasteiger partial charge in [-0.2, -0.15) is 0 Å². The molecule has 3 heteroatoms. The second-order valence-corrected chi connectivity index (χ2v) is 5.51. The first kappa shape index (κ1) is 14.3. The minimum absolute atomic E-state index is 0.0585. The van der Waals surface area contributed by atoms with Gasteiger partial charge in [0.25, 0.3) is 5.91 Å². The van der Waals surface area contributed by atoms with Gasteiger partial charge in [0.05, 0.1) is 0 Å². The van der Waals surface area contributed by atoms with E-state index < -0.39 is 0 Å². The molecule has 3 aromatic rings. The largest absolute Gasteiger partial charge is 0.336 e. The number of carbonyl (C=O) groups excluding carboxylic acids is 1. The lowest BCUT2D eigenvalue weighted by molar-refractivity contribution is 0.0779. The molecule has 3 rings (SSSR count). The minimum Gasteiger partial charge on any atom is -0.336 e. The molecule has 0 radical (unpaired) electrons. The van der Waals surface area contributed by atoms with Crippen LogP contribution in [0, 0.1) is 6.92 Å². The Bertz CT molecular complexity index is 826. The van der Waals surface area contributed by atoms with Crippen LogP contribution < -0.4 is 0 Å². The number of fused-ring (bicyclic) bond motifs is 1. The van der Waals surface area contributed by atoms with Crippen molar-refractivity contribution in [3.8, 4) is 0 Å². The van der Waals surface area contributed by atoms with Gasteiger partial charge in [-0.3, -0.25) is 4.79 Å². The maximum absolute atomic E-state index is 12.4. The van der Waals surface area contributed by atoms with Crippen LogP contribution in [0.4, 0.5) is 0 Å².